The van der Waals surface area contributed by atoms with Crippen molar-refractivity contribution in [2.75, 3.05) is 6.86 Å². The molecule has 0 spiro atoms. The summed E-state index contributed by atoms with van der Waals surface area (Å²) in [6, 6.07) is 11.0. The van der Waals surface area contributed by atoms with Crippen LogP contribution in [-0.4, -0.2) is 12.8 Å². The van der Waals surface area contributed by atoms with Gasteiger partial charge in [0, 0.05) is 6.07 Å². The fourth-order valence-electron chi connectivity index (χ4n) is 3.37. The molecule has 0 unspecified atom stereocenters. The molecule has 0 aromatic heterocycles. The Morgan fingerprint density at radius 1 is 1.08 bits per heavy atom. The first-order valence-corrected chi connectivity index (χ1v) is 8.87. The molecular weight excluding hydrogens is 338 g/mol. The highest BCUT2D eigenvalue weighted by Crippen LogP contribution is 2.35. The molecule has 2 aromatic carbocycles. The Kier molecular flexibility index (Phi) is 5.86. The molecule has 0 atom stereocenters. The van der Waals surface area contributed by atoms with Gasteiger partial charge in [0.05, 0.1) is 5.56 Å². The van der Waals surface area contributed by atoms with Gasteiger partial charge in [-0.3, -0.25) is 0 Å². The van der Waals surface area contributed by atoms with E-state index in [-0.39, 0.29) is 11.5 Å². The number of rotatable bonds is 5. The number of hydrogen-bond acceptors (Lipinski definition) is 3. The van der Waals surface area contributed by atoms with Crippen molar-refractivity contribution in [2.24, 2.45) is 5.92 Å². The van der Waals surface area contributed by atoms with E-state index in [1.54, 1.807) is 12.1 Å². The van der Waals surface area contributed by atoms with E-state index in [0.29, 0.717) is 11.5 Å². The molecule has 0 bridgehead atoms. The molecule has 0 radical (unpaired) electrons. The van der Waals surface area contributed by atoms with Crippen LogP contribution < -0.4 is 9.47 Å². The van der Waals surface area contributed by atoms with E-state index in [1.165, 1.54) is 43.4 Å². The van der Waals surface area contributed by atoms with E-state index in [4.69, 9.17) is 4.74 Å². The van der Waals surface area contributed by atoms with E-state index in [0.717, 1.165) is 12.0 Å². The molecule has 5 heteroatoms. The summed E-state index contributed by atoms with van der Waals surface area (Å²) in [6.07, 6.45) is 4.83. The third-order valence-electron chi connectivity index (χ3n) is 4.96. The van der Waals surface area contributed by atoms with Gasteiger partial charge in [-0.2, -0.15) is 0 Å². The fourth-order valence-corrected chi connectivity index (χ4v) is 3.37. The predicted octanol–water partition coefficient (Wildman–Crippen LogP) is 5.64. The van der Waals surface area contributed by atoms with Gasteiger partial charge in [0.25, 0.3) is 0 Å². The molecule has 1 fully saturated rings. The van der Waals surface area contributed by atoms with Crippen LogP contribution in [0.5, 0.6) is 11.5 Å². The zero-order valence-electron chi connectivity index (χ0n) is 14.7. The lowest BCUT2D eigenvalue weighted by Crippen LogP contribution is -2.12. The quantitative estimate of drug-likeness (QED) is 0.511. The van der Waals surface area contributed by atoms with Crippen molar-refractivity contribution in [1.82, 2.24) is 0 Å². The standard InChI is InChI=1S/C21H22F2O3/c1-14-2-4-15(5-3-14)16-6-8-17(9-7-16)21(24)26-18-10-11-20(25-13-22)19(23)12-18/h6-12,14-15H,2-5,13H2,1H3. The second-order valence-electron chi connectivity index (χ2n) is 6.81. The molecule has 0 N–H and O–H groups in total. The fraction of sp³-hybridized carbons (Fsp3) is 0.381. The Balaban J connectivity index is 1.64. The van der Waals surface area contributed by atoms with Crippen molar-refractivity contribution in [2.45, 2.75) is 38.5 Å². The van der Waals surface area contributed by atoms with Crippen molar-refractivity contribution in [3.05, 3.63) is 59.4 Å². The lowest BCUT2D eigenvalue weighted by atomic mass is 9.79. The van der Waals surface area contributed by atoms with E-state index < -0.39 is 18.6 Å². The number of carbonyl (C=O) groups excluding carboxylic acids is 1. The highest BCUT2D eigenvalue weighted by Gasteiger charge is 2.20. The second-order valence-corrected chi connectivity index (χ2v) is 6.81. The van der Waals surface area contributed by atoms with Gasteiger partial charge in [0.1, 0.15) is 5.75 Å². The smallest absolute Gasteiger partial charge is 0.343 e. The molecule has 1 aliphatic carbocycles. The summed E-state index contributed by atoms with van der Waals surface area (Å²) in [6.45, 7) is 1.16. The maximum atomic E-state index is 13.7. The molecule has 0 amide bonds. The van der Waals surface area contributed by atoms with Crippen LogP contribution in [0.4, 0.5) is 8.78 Å². The molecule has 1 saturated carbocycles. The Labute approximate surface area is 151 Å². The van der Waals surface area contributed by atoms with Crippen LogP contribution in [0.25, 0.3) is 0 Å². The summed E-state index contributed by atoms with van der Waals surface area (Å²) < 4.78 is 35.5. The number of carbonyl (C=O) groups is 1. The minimum absolute atomic E-state index is 0.0454. The van der Waals surface area contributed by atoms with Crippen LogP contribution in [0.3, 0.4) is 0 Å². The molecule has 3 rings (SSSR count). The lowest BCUT2D eigenvalue weighted by Gasteiger charge is -2.26. The summed E-state index contributed by atoms with van der Waals surface area (Å²) >= 11 is 0. The van der Waals surface area contributed by atoms with Gasteiger partial charge in [-0.1, -0.05) is 31.9 Å². The second kappa shape index (κ2) is 8.30. The third kappa shape index (κ3) is 4.40. The molecule has 0 aliphatic heterocycles. The van der Waals surface area contributed by atoms with Gasteiger partial charge in [-0.25, -0.2) is 13.6 Å². The average Bonchev–Trinajstić information content (AvgIpc) is 2.65. The molecule has 2 aromatic rings. The summed E-state index contributed by atoms with van der Waals surface area (Å²) in [5, 5.41) is 0. The number of alkyl halides is 1. The first-order valence-electron chi connectivity index (χ1n) is 8.87. The van der Waals surface area contributed by atoms with Crippen LogP contribution in [0, 0.1) is 11.7 Å². The van der Waals surface area contributed by atoms with Crippen LogP contribution in [0.15, 0.2) is 42.5 Å². The SMILES string of the molecule is CC1CCC(c2ccc(C(=O)Oc3ccc(OCF)c(F)c3)cc2)CC1. The molecule has 0 heterocycles. The van der Waals surface area contributed by atoms with Gasteiger partial charge in [0.15, 0.2) is 11.6 Å². The summed E-state index contributed by atoms with van der Waals surface area (Å²) in [5.74, 6) is -0.180. The van der Waals surface area contributed by atoms with Crippen LogP contribution >= 0.6 is 0 Å². The molecule has 1 aliphatic rings. The lowest BCUT2D eigenvalue weighted by molar-refractivity contribution is 0.0733. The summed E-state index contributed by atoms with van der Waals surface area (Å²) in [5.41, 5.74) is 1.65. The van der Waals surface area contributed by atoms with E-state index >= 15 is 0 Å². The van der Waals surface area contributed by atoms with Gasteiger partial charge in [-0.05, 0) is 54.5 Å². The predicted molar refractivity (Wildman–Crippen MR) is 94.8 cm³/mol. The van der Waals surface area contributed by atoms with Crippen molar-refractivity contribution < 1.29 is 23.0 Å². The Morgan fingerprint density at radius 2 is 1.77 bits per heavy atom. The van der Waals surface area contributed by atoms with Crippen LogP contribution in [0.2, 0.25) is 0 Å². The van der Waals surface area contributed by atoms with Crippen LogP contribution in [-0.2, 0) is 0 Å². The van der Waals surface area contributed by atoms with E-state index in [2.05, 4.69) is 11.7 Å². The molecule has 0 saturated heterocycles. The highest BCUT2D eigenvalue weighted by molar-refractivity contribution is 5.91. The zero-order chi connectivity index (χ0) is 18.5. The molecule has 138 valence electrons. The Morgan fingerprint density at radius 3 is 2.38 bits per heavy atom. The highest BCUT2D eigenvalue weighted by atomic mass is 19.1. The summed E-state index contributed by atoms with van der Waals surface area (Å²) in [4.78, 5) is 12.2. The van der Waals surface area contributed by atoms with Gasteiger partial charge >= 0.3 is 5.97 Å². The minimum atomic E-state index is -1.12. The largest absolute Gasteiger partial charge is 0.460 e. The number of hydrogen-bond donors (Lipinski definition) is 0. The molecular formula is C21H22F2O3. The first kappa shape index (κ1) is 18.4. The number of esters is 1. The molecule has 26 heavy (non-hydrogen) atoms. The number of halogens is 2. The van der Waals surface area contributed by atoms with Crippen molar-refractivity contribution in [3.8, 4) is 11.5 Å². The minimum Gasteiger partial charge on any atom is -0.460 e. The van der Waals surface area contributed by atoms with Crippen LogP contribution in [0.1, 0.15) is 54.4 Å². The zero-order valence-corrected chi connectivity index (χ0v) is 14.7. The van der Waals surface area contributed by atoms with Crippen molar-refractivity contribution in [3.63, 3.8) is 0 Å². The topological polar surface area (TPSA) is 35.5 Å². The molecule has 3 nitrogen and oxygen atoms in total. The number of benzene rings is 2. The summed E-state index contributed by atoms with van der Waals surface area (Å²) in [7, 11) is 0. The number of ether oxygens (including phenoxy) is 2. The third-order valence-corrected chi connectivity index (χ3v) is 4.96. The van der Waals surface area contributed by atoms with Crippen molar-refractivity contribution in [1.29, 1.82) is 0 Å². The van der Waals surface area contributed by atoms with Crippen molar-refractivity contribution >= 4 is 5.97 Å². The van der Waals surface area contributed by atoms with Gasteiger partial charge in [-0.15, -0.1) is 0 Å². The average molecular weight is 360 g/mol. The Hall–Kier alpha value is -2.43. The normalized spacial score (nSPS) is 19.8. The maximum absolute atomic E-state index is 13.7. The monoisotopic (exact) mass is 360 g/mol. The van der Waals surface area contributed by atoms with Gasteiger partial charge < -0.3 is 9.47 Å². The maximum Gasteiger partial charge on any atom is 0.343 e. The van der Waals surface area contributed by atoms with Gasteiger partial charge in [0.2, 0.25) is 6.86 Å². The van der Waals surface area contributed by atoms with E-state index in [1.807, 2.05) is 12.1 Å². The van der Waals surface area contributed by atoms with E-state index in [9.17, 15) is 13.6 Å². The Bertz CT molecular complexity index is 750. The first-order chi connectivity index (χ1) is 12.6.